The van der Waals surface area contributed by atoms with E-state index in [0.717, 1.165) is 49.2 Å². The number of halogens is 7. The lowest BCUT2D eigenvalue weighted by atomic mass is 9.97. The monoisotopic (exact) mass is 590 g/mol. The number of unbranched alkanes of at least 4 members (excludes halogenated alkanes) is 1. The molecule has 0 fully saturated rings. The molecule has 4 aromatic rings. The van der Waals surface area contributed by atoms with Gasteiger partial charge in [-0.05, 0) is 71.6 Å². The molecule has 220 valence electrons. The minimum absolute atomic E-state index is 0.0392. The van der Waals surface area contributed by atoms with Gasteiger partial charge in [-0.1, -0.05) is 49.7 Å². The molecular weight excluding hydrogens is 565 g/mol. The third-order valence-corrected chi connectivity index (χ3v) is 6.40. The van der Waals surface area contributed by atoms with E-state index in [2.05, 4.69) is 0 Å². The lowest BCUT2D eigenvalue weighted by molar-refractivity contribution is -0.138. The normalized spacial score (nSPS) is 11.9. The van der Waals surface area contributed by atoms with Gasteiger partial charge in [0.25, 0.3) is 0 Å². The number of hydrogen-bond acceptors (Lipinski definition) is 3. The molecule has 0 heterocycles. The number of esters is 1. The molecule has 10 heteroatoms. The maximum absolute atomic E-state index is 14.8. The van der Waals surface area contributed by atoms with Crippen LogP contribution in [-0.2, 0) is 17.1 Å². The number of carbonyl (C=O) groups excluding carboxylic acids is 1. The van der Waals surface area contributed by atoms with Crippen LogP contribution in [0.25, 0.3) is 11.1 Å². The fourth-order valence-corrected chi connectivity index (χ4v) is 4.20. The molecule has 4 rings (SSSR count). The lowest BCUT2D eigenvalue weighted by Crippen LogP contribution is -2.15. The van der Waals surface area contributed by atoms with E-state index in [9.17, 15) is 35.5 Å². The molecule has 3 nitrogen and oxygen atoms in total. The first-order valence-electron chi connectivity index (χ1n) is 12.9. The topological polar surface area (TPSA) is 35.5 Å². The second-order valence-corrected chi connectivity index (χ2v) is 9.45. The van der Waals surface area contributed by atoms with E-state index < -0.39 is 41.4 Å². The molecule has 0 aliphatic carbocycles. The molecular formula is C32H25F7O3. The number of hydrogen-bond donors (Lipinski definition) is 0. The van der Waals surface area contributed by atoms with Crippen molar-refractivity contribution in [2.45, 2.75) is 38.2 Å². The van der Waals surface area contributed by atoms with E-state index >= 15 is 0 Å². The highest BCUT2D eigenvalue weighted by molar-refractivity contribution is 5.90. The fraction of sp³-hybridized carbons (Fsp3) is 0.219. The lowest BCUT2D eigenvalue weighted by Gasteiger charge is -2.21. The summed E-state index contributed by atoms with van der Waals surface area (Å²) in [6, 6.07) is 17.6. The third-order valence-electron chi connectivity index (χ3n) is 6.40. The second kappa shape index (κ2) is 12.7. The average Bonchev–Trinajstić information content (AvgIpc) is 2.95. The van der Waals surface area contributed by atoms with Crippen LogP contribution in [0.3, 0.4) is 0 Å². The van der Waals surface area contributed by atoms with Crippen molar-refractivity contribution in [1.82, 2.24) is 0 Å². The molecule has 0 unspecified atom stereocenters. The van der Waals surface area contributed by atoms with Gasteiger partial charge in [-0.15, -0.1) is 0 Å². The van der Waals surface area contributed by atoms with Crippen LogP contribution in [0.2, 0.25) is 0 Å². The van der Waals surface area contributed by atoms with Crippen LogP contribution in [0.5, 0.6) is 5.75 Å². The Kier molecular flexibility index (Phi) is 9.23. The van der Waals surface area contributed by atoms with E-state index in [-0.39, 0.29) is 22.3 Å². The number of alkyl halides is 6. The van der Waals surface area contributed by atoms with Crippen LogP contribution in [0.4, 0.5) is 30.7 Å². The van der Waals surface area contributed by atoms with E-state index in [0.29, 0.717) is 17.9 Å². The van der Waals surface area contributed by atoms with Gasteiger partial charge >= 0.3 is 18.3 Å². The molecule has 0 aliphatic rings. The highest BCUT2D eigenvalue weighted by Crippen LogP contribution is 2.37. The van der Waals surface area contributed by atoms with E-state index in [1.807, 2.05) is 6.92 Å². The number of benzene rings is 4. The smallest absolute Gasteiger partial charge is 0.416 e. The minimum Gasteiger partial charge on any atom is -0.493 e. The summed E-state index contributed by atoms with van der Waals surface area (Å²) in [6.45, 7) is 2.46. The van der Waals surface area contributed by atoms with Crippen molar-refractivity contribution in [3.63, 3.8) is 0 Å². The van der Waals surface area contributed by atoms with Gasteiger partial charge < -0.3 is 9.47 Å². The van der Waals surface area contributed by atoms with Gasteiger partial charge in [0.15, 0.2) is 6.10 Å². The Balaban J connectivity index is 1.62. The Morgan fingerprint density at radius 2 is 1.33 bits per heavy atom. The summed E-state index contributed by atoms with van der Waals surface area (Å²) in [6.07, 6.45) is -9.30. The van der Waals surface area contributed by atoms with Crippen LogP contribution in [0, 0.1) is 5.82 Å². The summed E-state index contributed by atoms with van der Waals surface area (Å²) >= 11 is 0. The highest BCUT2D eigenvalue weighted by Gasteiger charge is 2.34. The van der Waals surface area contributed by atoms with Gasteiger partial charge in [0.05, 0.1) is 23.3 Å². The molecule has 0 radical (unpaired) electrons. The predicted molar refractivity (Wildman–Crippen MR) is 142 cm³/mol. The number of rotatable bonds is 9. The Bertz CT molecular complexity index is 1470. The second-order valence-electron chi connectivity index (χ2n) is 9.45. The molecule has 0 spiro atoms. The third kappa shape index (κ3) is 7.48. The van der Waals surface area contributed by atoms with Crippen molar-refractivity contribution >= 4 is 5.97 Å². The van der Waals surface area contributed by atoms with Crippen molar-refractivity contribution in [2.24, 2.45) is 0 Å². The zero-order valence-corrected chi connectivity index (χ0v) is 22.2. The molecule has 0 saturated heterocycles. The van der Waals surface area contributed by atoms with Crippen molar-refractivity contribution < 1.29 is 45.0 Å². The first-order chi connectivity index (χ1) is 19.9. The van der Waals surface area contributed by atoms with Gasteiger partial charge in [-0.3, -0.25) is 0 Å². The zero-order chi connectivity index (χ0) is 30.5. The zero-order valence-electron chi connectivity index (χ0n) is 22.2. The summed E-state index contributed by atoms with van der Waals surface area (Å²) in [4.78, 5) is 13.1. The van der Waals surface area contributed by atoms with Crippen LogP contribution in [0.15, 0.2) is 91.0 Å². The highest BCUT2D eigenvalue weighted by atomic mass is 19.4. The molecule has 0 amide bonds. The van der Waals surface area contributed by atoms with Crippen molar-refractivity contribution in [2.75, 3.05) is 6.61 Å². The standard InChI is InChI=1S/C32H25F7O3/c1-2-3-16-41-26-14-15-27(28(33)19-26)20-10-12-21(13-11-20)30(40)42-29(22-6-4-8-24(17-22)31(34,35)36)23-7-5-9-25(18-23)32(37,38)39/h4-15,17-19,29H,2-3,16H2,1H3. The minimum atomic E-state index is -4.73. The van der Waals surface area contributed by atoms with Crippen LogP contribution >= 0.6 is 0 Å². The largest absolute Gasteiger partial charge is 0.493 e. The summed E-state index contributed by atoms with van der Waals surface area (Å²) in [5, 5.41) is 0. The summed E-state index contributed by atoms with van der Waals surface area (Å²) < 4.78 is 106. The van der Waals surface area contributed by atoms with Crippen molar-refractivity contribution in [1.29, 1.82) is 0 Å². The summed E-state index contributed by atoms with van der Waals surface area (Å²) in [7, 11) is 0. The molecule has 0 atom stereocenters. The van der Waals surface area contributed by atoms with Crippen LogP contribution < -0.4 is 4.74 Å². The van der Waals surface area contributed by atoms with Crippen molar-refractivity contribution in [3.05, 3.63) is 125 Å². The molecule has 0 bridgehead atoms. The molecule has 0 aromatic heterocycles. The Hall–Kier alpha value is -4.34. The number of carbonyl (C=O) groups is 1. The molecule has 4 aromatic carbocycles. The van der Waals surface area contributed by atoms with Gasteiger partial charge in [-0.2, -0.15) is 26.3 Å². The predicted octanol–water partition coefficient (Wildman–Crippen LogP) is 9.66. The summed E-state index contributed by atoms with van der Waals surface area (Å²) in [5.74, 6) is -1.17. The first-order valence-corrected chi connectivity index (χ1v) is 12.9. The van der Waals surface area contributed by atoms with Crippen LogP contribution in [-0.4, -0.2) is 12.6 Å². The number of ether oxygens (including phenoxy) is 2. The molecule has 0 aliphatic heterocycles. The SMILES string of the molecule is CCCCOc1ccc(-c2ccc(C(=O)OC(c3cccc(C(F)(F)F)c3)c3cccc(C(F)(F)F)c3)cc2)c(F)c1. The molecule has 42 heavy (non-hydrogen) atoms. The van der Waals surface area contributed by atoms with Gasteiger partial charge in [0.2, 0.25) is 0 Å². The molecule has 0 saturated carbocycles. The summed E-state index contributed by atoms with van der Waals surface area (Å²) in [5.41, 5.74) is -1.82. The van der Waals surface area contributed by atoms with Crippen molar-refractivity contribution in [3.8, 4) is 16.9 Å². The quantitative estimate of drug-likeness (QED) is 0.111. The maximum Gasteiger partial charge on any atom is 0.416 e. The van der Waals surface area contributed by atoms with Gasteiger partial charge in [0.1, 0.15) is 11.6 Å². The van der Waals surface area contributed by atoms with Gasteiger partial charge in [-0.25, -0.2) is 9.18 Å². The first kappa shape index (κ1) is 30.6. The van der Waals surface area contributed by atoms with E-state index in [1.165, 1.54) is 48.5 Å². The maximum atomic E-state index is 14.8. The van der Waals surface area contributed by atoms with Gasteiger partial charge in [0, 0.05) is 11.6 Å². The molecule has 0 N–H and O–H groups in total. The fourth-order valence-electron chi connectivity index (χ4n) is 4.20. The average molecular weight is 591 g/mol. The Labute approximate surface area is 237 Å². The Morgan fingerprint density at radius 1 is 0.762 bits per heavy atom. The van der Waals surface area contributed by atoms with E-state index in [1.54, 1.807) is 6.07 Å². The van der Waals surface area contributed by atoms with Crippen LogP contribution in [0.1, 0.15) is 58.5 Å². The van der Waals surface area contributed by atoms with E-state index in [4.69, 9.17) is 9.47 Å². The Morgan fingerprint density at radius 3 is 1.83 bits per heavy atom.